The van der Waals surface area contributed by atoms with Gasteiger partial charge in [0, 0.05) is 27.5 Å². The molecule has 0 fully saturated rings. The third-order valence-electron chi connectivity index (χ3n) is 10.9. The number of nitrogens with zero attached hydrogens (tertiary/aromatic N) is 1. The van der Waals surface area contributed by atoms with E-state index in [0.29, 0.717) is 0 Å². The monoisotopic (exact) mass is 703 g/mol. The minimum absolute atomic E-state index is 0.861. The zero-order valence-corrected chi connectivity index (χ0v) is 29.8. The van der Waals surface area contributed by atoms with Gasteiger partial charge in [-0.25, -0.2) is 0 Å². The first-order valence-corrected chi connectivity index (χ1v) is 18.7. The number of hydrogen-bond acceptors (Lipinski definition) is 3. The molecule has 0 radical (unpaired) electrons. The van der Waals surface area contributed by atoms with E-state index in [0.717, 1.165) is 77.6 Å². The quantitative estimate of drug-likeness (QED) is 0.173. The van der Waals surface area contributed by atoms with Crippen molar-refractivity contribution in [1.82, 2.24) is 0 Å². The molecule has 0 N–H and O–H groups in total. The fraction of sp³-hybridized carbons (Fsp3) is 0. The van der Waals surface area contributed by atoms with E-state index in [2.05, 4.69) is 181 Å². The molecule has 0 atom stereocenters. The number of rotatable bonds is 6. The van der Waals surface area contributed by atoms with E-state index >= 15 is 0 Å². The maximum Gasteiger partial charge on any atom is 0.137 e. The minimum Gasteiger partial charge on any atom is -0.456 e. The second kappa shape index (κ2) is 12.6. The Morgan fingerprint density at radius 1 is 0.309 bits per heavy atom. The molecule has 0 aliphatic carbocycles. The van der Waals surface area contributed by atoms with Crippen LogP contribution >= 0.6 is 0 Å². The van der Waals surface area contributed by atoms with E-state index in [1.807, 2.05) is 24.3 Å². The van der Waals surface area contributed by atoms with Crippen molar-refractivity contribution in [2.75, 3.05) is 4.90 Å². The summed E-state index contributed by atoms with van der Waals surface area (Å²) in [6.07, 6.45) is 0. The number of fused-ring (bicyclic) bond motifs is 7. The van der Waals surface area contributed by atoms with Gasteiger partial charge in [-0.15, -0.1) is 0 Å². The molecule has 11 rings (SSSR count). The Bertz CT molecular complexity index is 3200. The average molecular weight is 704 g/mol. The van der Waals surface area contributed by atoms with E-state index in [1.54, 1.807) is 0 Å². The van der Waals surface area contributed by atoms with Gasteiger partial charge in [-0.2, -0.15) is 0 Å². The van der Waals surface area contributed by atoms with Gasteiger partial charge < -0.3 is 13.7 Å². The Morgan fingerprint density at radius 3 is 1.71 bits per heavy atom. The summed E-state index contributed by atoms with van der Waals surface area (Å²) in [5.74, 6) is 0. The van der Waals surface area contributed by atoms with Crippen LogP contribution < -0.4 is 4.90 Å². The van der Waals surface area contributed by atoms with E-state index < -0.39 is 0 Å². The van der Waals surface area contributed by atoms with Crippen molar-refractivity contribution in [3.63, 3.8) is 0 Å². The zero-order chi connectivity index (χ0) is 36.3. The fourth-order valence-electron chi connectivity index (χ4n) is 8.22. The Morgan fingerprint density at radius 2 is 0.873 bits per heavy atom. The van der Waals surface area contributed by atoms with E-state index in [9.17, 15) is 0 Å². The van der Waals surface area contributed by atoms with Crippen LogP contribution in [0.5, 0.6) is 0 Å². The highest BCUT2D eigenvalue weighted by Crippen LogP contribution is 2.44. The van der Waals surface area contributed by atoms with E-state index in [-0.39, 0.29) is 0 Å². The second-order valence-electron chi connectivity index (χ2n) is 14.1. The number of benzene rings is 9. The normalized spacial score (nSPS) is 11.6. The first-order chi connectivity index (χ1) is 27.2. The second-order valence-corrected chi connectivity index (χ2v) is 14.1. The summed E-state index contributed by atoms with van der Waals surface area (Å²) in [5, 5.41) is 6.94. The van der Waals surface area contributed by atoms with Gasteiger partial charge in [-0.05, 0) is 105 Å². The van der Waals surface area contributed by atoms with Crippen LogP contribution in [-0.2, 0) is 0 Å². The van der Waals surface area contributed by atoms with Crippen LogP contribution in [-0.4, -0.2) is 0 Å². The van der Waals surface area contributed by atoms with Crippen molar-refractivity contribution < 1.29 is 8.83 Å². The summed E-state index contributed by atoms with van der Waals surface area (Å²) in [4.78, 5) is 2.35. The van der Waals surface area contributed by atoms with Crippen LogP contribution in [0.4, 0.5) is 17.1 Å². The van der Waals surface area contributed by atoms with Gasteiger partial charge >= 0.3 is 0 Å². The molecule has 3 heteroatoms. The first-order valence-electron chi connectivity index (χ1n) is 18.7. The average Bonchev–Trinajstić information content (AvgIpc) is 3.83. The Hall–Kier alpha value is -7.36. The molecule has 2 aromatic heterocycles. The topological polar surface area (TPSA) is 29.5 Å². The van der Waals surface area contributed by atoms with Crippen LogP contribution in [0.2, 0.25) is 0 Å². The van der Waals surface area contributed by atoms with E-state index in [4.69, 9.17) is 8.83 Å². The third-order valence-corrected chi connectivity index (χ3v) is 10.9. The molecular formula is C52H33NO2. The summed E-state index contributed by atoms with van der Waals surface area (Å²) in [7, 11) is 0. The molecule has 9 aromatic carbocycles. The Balaban J connectivity index is 1.02. The molecular weight excluding hydrogens is 671 g/mol. The fourth-order valence-corrected chi connectivity index (χ4v) is 8.22. The molecule has 0 aliphatic heterocycles. The predicted molar refractivity (Wildman–Crippen MR) is 229 cm³/mol. The van der Waals surface area contributed by atoms with Crippen molar-refractivity contribution in [1.29, 1.82) is 0 Å². The third kappa shape index (κ3) is 5.28. The summed E-state index contributed by atoms with van der Waals surface area (Å²) in [5.41, 5.74) is 13.8. The lowest BCUT2D eigenvalue weighted by atomic mass is 9.96. The number of para-hydroxylation sites is 2. The first kappa shape index (κ1) is 31.2. The largest absolute Gasteiger partial charge is 0.456 e. The molecule has 0 amide bonds. The van der Waals surface area contributed by atoms with Crippen LogP contribution in [0.1, 0.15) is 0 Å². The van der Waals surface area contributed by atoms with Crippen molar-refractivity contribution >= 4 is 71.7 Å². The van der Waals surface area contributed by atoms with Crippen LogP contribution in [0, 0.1) is 0 Å². The van der Waals surface area contributed by atoms with Gasteiger partial charge in [-0.3, -0.25) is 0 Å². The Kier molecular flexibility index (Phi) is 7.17. The van der Waals surface area contributed by atoms with Crippen LogP contribution in [0.3, 0.4) is 0 Å². The summed E-state index contributed by atoms with van der Waals surface area (Å²) in [6, 6.07) is 71.1. The van der Waals surface area contributed by atoms with Gasteiger partial charge in [0.15, 0.2) is 0 Å². The maximum atomic E-state index is 6.38. The summed E-state index contributed by atoms with van der Waals surface area (Å²) < 4.78 is 12.5. The van der Waals surface area contributed by atoms with Gasteiger partial charge in [-0.1, -0.05) is 140 Å². The molecule has 258 valence electrons. The van der Waals surface area contributed by atoms with Gasteiger partial charge in [0.05, 0.1) is 11.1 Å². The Labute approximate surface area is 317 Å². The lowest BCUT2D eigenvalue weighted by Crippen LogP contribution is -2.10. The zero-order valence-electron chi connectivity index (χ0n) is 29.8. The summed E-state index contributed by atoms with van der Waals surface area (Å²) >= 11 is 0. The highest BCUT2D eigenvalue weighted by molar-refractivity contribution is 6.13. The SMILES string of the molecule is c1cc(-c2ccc3oc4ccccc4c3c2)cc(N(c2ccc(-c3ccc(-c4cccc5ccccc45)cc3)cc2)c2cccc3oc4ccccc4c23)c1. The van der Waals surface area contributed by atoms with E-state index in [1.165, 1.54) is 27.5 Å². The van der Waals surface area contributed by atoms with Crippen molar-refractivity contribution in [2.24, 2.45) is 0 Å². The lowest BCUT2D eigenvalue weighted by Gasteiger charge is -2.27. The smallest absolute Gasteiger partial charge is 0.137 e. The van der Waals surface area contributed by atoms with Crippen molar-refractivity contribution in [3.05, 3.63) is 200 Å². The predicted octanol–water partition coefficient (Wildman–Crippen LogP) is 15.1. The molecule has 0 unspecified atom stereocenters. The standard InChI is InChI=1S/C52H33NO2/c1-2-14-42-36(10-1)11-8-17-43(42)37-24-22-34(23-25-37)35-26-29-40(30-27-35)53(47-18-9-21-51-52(47)45-16-4-6-20-49(45)55-51)41-13-7-12-38(32-41)39-28-31-50-46(33-39)44-15-3-5-19-48(44)54-50/h1-33H. The molecule has 2 heterocycles. The molecule has 0 bridgehead atoms. The summed E-state index contributed by atoms with van der Waals surface area (Å²) in [6.45, 7) is 0. The molecule has 0 saturated heterocycles. The van der Waals surface area contributed by atoms with Gasteiger partial charge in [0.1, 0.15) is 22.3 Å². The van der Waals surface area contributed by atoms with Crippen LogP contribution in [0.15, 0.2) is 209 Å². The molecule has 0 spiro atoms. The van der Waals surface area contributed by atoms with Crippen LogP contribution in [0.25, 0.3) is 88.0 Å². The molecule has 11 aromatic rings. The van der Waals surface area contributed by atoms with Gasteiger partial charge in [0.25, 0.3) is 0 Å². The maximum absolute atomic E-state index is 6.38. The van der Waals surface area contributed by atoms with Crippen molar-refractivity contribution in [2.45, 2.75) is 0 Å². The minimum atomic E-state index is 0.861. The number of anilines is 3. The van der Waals surface area contributed by atoms with Gasteiger partial charge in [0.2, 0.25) is 0 Å². The molecule has 55 heavy (non-hydrogen) atoms. The number of furan rings is 2. The highest BCUT2D eigenvalue weighted by Gasteiger charge is 2.20. The highest BCUT2D eigenvalue weighted by atomic mass is 16.3. The molecule has 3 nitrogen and oxygen atoms in total. The lowest BCUT2D eigenvalue weighted by molar-refractivity contribution is 0.668. The molecule has 0 saturated carbocycles. The van der Waals surface area contributed by atoms with Crippen molar-refractivity contribution in [3.8, 4) is 33.4 Å². The number of hydrogen-bond donors (Lipinski definition) is 0. The molecule has 0 aliphatic rings.